The molecule has 0 saturated heterocycles. The molecule has 6 nitrogen and oxygen atoms in total. The van der Waals surface area contributed by atoms with Crippen LogP contribution in [0.4, 0.5) is 0 Å². The average Bonchev–Trinajstić information content (AvgIpc) is 2.95. The highest BCUT2D eigenvalue weighted by atomic mass is 16.5. The fraction of sp³-hybridized carbons (Fsp3) is 0.618. The van der Waals surface area contributed by atoms with Gasteiger partial charge in [-0.2, -0.15) is 0 Å². The standard InChI is InChI=1S/C34H52O6/c1-6-11-16-17-18-19-28-26-29(35)33(38-22-14-9-4)32(40-28)27-24-30(36-20-12-7-2)34(39-23-15-10-5)31(25-27)37-21-13-8-3/h18-19,24-26H,6-17,20-23H2,1-5H3/b19-18+. The van der Waals surface area contributed by atoms with E-state index in [9.17, 15) is 4.79 Å². The van der Waals surface area contributed by atoms with Crippen LogP contribution in [-0.2, 0) is 0 Å². The number of ether oxygens (including phenoxy) is 4. The summed E-state index contributed by atoms with van der Waals surface area (Å²) in [5.74, 6) is 2.90. The van der Waals surface area contributed by atoms with E-state index in [-0.39, 0.29) is 11.2 Å². The minimum Gasteiger partial charge on any atom is -0.490 e. The third-order valence-electron chi connectivity index (χ3n) is 6.46. The molecule has 2 aromatic rings. The minimum absolute atomic E-state index is 0.198. The Bertz CT molecular complexity index is 1020. The van der Waals surface area contributed by atoms with Crippen molar-refractivity contribution in [2.24, 2.45) is 0 Å². The first-order chi connectivity index (χ1) is 19.6. The summed E-state index contributed by atoms with van der Waals surface area (Å²) in [6.45, 7) is 12.8. The van der Waals surface area contributed by atoms with Crippen LogP contribution in [-0.4, -0.2) is 26.4 Å². The van der Waals surface area contributed by atoms with Gasteiger partial charge in [0.05, 0.1) is 26.4 Å². The van der Waals surface area contributed by atoms with Gasteiger partial charge in [0.2, 0.25) is 16.9 Å². The molecule has 0 radical (unpaired) electrons. The summed E-state index contributed by atoms with van der Waals surface area (Å²) >= 11 is 0. The van der Waals surface area contributed by atoms with Crippen molar-refractivity contribution in [1.82, 2.24) is 0 Å². The molecule has 0 atom stereocenters. The lowest BCUT2D eigenvalue weighted by atomic mass is 10.1. The maximum atomic E-state index is 13.3. The Morgan fingerprint density at radius 1 is 0.625 bits per heavy atom. The molecule has 0 aliphatic heterocycles. The van der Waals surface area contributed by atoms with Gasteiger partial charge >= 0.3 is 0 Å². The molecule has 0 N–H and O–H groups in total. The predicted octanol–water partition coefficient (Wildman–Crippen LogP) is 9.62. The van der Waals surface area contributed by atoms with Gasteiger partial charge in [0.25, 0.3) is 0 Å². The summed E-state index contributed by atoms with van der Waals surface area (Å²) in [5, 5.41) is 0. The van der Waals surface area contributed by atoms with E-state index < -0.39 is 0 Å². The van der Waals surface area contributed by atoms with Gasteiger partial charge in [-0.1, -0.05) is 79.2 Å². The average molecular weight is 557 g/mol. The monoisotopic (exact) mass is 556 g/mol. The lowest BCUT2D eigenvalue weighted by Gasteiger charge is -2.19. The first kappa shape index (κ1) is 33.3. The molecule has 1 aromatic heterocycles. The van der Waals surface area contributed by atoms with Crippen molar-refractivity contribution in [3.05, 3.63) is 40.3 Å². The van der Waals surface area contributed by atoms with Gasteiger partial charge in [0.15, 0.2) is 17.3 Å². The van der Waals surface area contributed by atoms with Crippen LogP contribution in [0.1, 0.15) is 117 Å². The van der Waals surface area contributed by atoms with Crippen molar-refractivity contribution in [3.8, 4) is 34.3 Å². The molecule has 0 fully saturated rings. The second-order valence-electron chi connectivity index (χ2n) is 10.2. The molecule has 0 spiro atoms. The molecule has 6 heteroatoms. The number of hydrogen-bond donors (Lipinski definition) is 0. The molecular weight excluding hydrogens is 504 g/mol. The fourth-order valence-corrected chi connectivity index (χ4v) is 3.98. The molecule has 0 aliphatic rings. The minimum atomic E-state index is -0.198. The SMILES string of the molecule is CCCCC/C=C/c1cc(=O)c(OCCCC)c(-c2cc(OCCCC)c(OCCCC)c(OCCCC)c2)o1. The highest BCUT2D eigenvalue weighted by molar-refractivity contribution is 5.72. The highest BCUT2D eigenvalue weighted by Crippen LogP contribution is 2.44. The van der Waals surface area contributed by atoms with Crippen molar-refractivity contribution in [3.63, 3.8) is 0 Å². The Hall–Kier alpha value is -2.89. The van der Waals surface area contributed by atoms with E-state index in [1.807, 2.05) is 18.2 Å². The summed E-state index contributed by atoms with van der Waals surface area (Å²) in [6.07, 6.45) is 16.0. The summed E-state index contributed by atoms with van der Waals surface area (Å²) < 4.78 is 31.1. The molecule has 0 aliphatic carbocycles. The predicted molar refractivity (Wildman–Crippen MR) is 165 cm³/mol. The van der Waals surface area contributed by atoms with Gasteiger partial charge in [0, 0.05) is 11.6 Å². The van der Waals surface area contributed by atoms with E-state index in [4.69, 9.17) is 23.4 Å². The van der Waals surface area contributed by atoms with Crippen molar-refractivity contribution < 1.29 is 23.4 Å². The second-order valence-corrected chi connectivity index (χ2v) is 10.2. The Labute approximate surface area is 242 Å². The molecule has 40 heavy (non-hydrogen) atoms. The van der Waals surface area contributed by atoms with Gasteiger partial charge in [-0.15, -0.1) is 0 Å². The largest absolute Gasteiger partial charge is 0.490 e. The quantitative estimate of drug-likeness (QED) is 0.135. The summed E-state index contributed by atoms with van der Waals surface area (Å²) in [6, 6.07) is 5.30. The smallest absolute Gasteiger partial charge is 0.228 e. The second kappa shape index (κ2) is 20.1. The van der Waals surface area contributed by atoms with Crippen molar-refractivity contribution in [2.75, 3.05) is 26.4 Å². The van der Waals surface area contributed by atoms with Crippen molar-refractivity contribution in [1.29, 1.82) is 0 Å². The maximum absolute atomic E-state index is 13.3. The van der Waals surface area contributed by atoms with E-state index in [0.29, 0.717) is 60.8 Å². The summed E-state index contributed by atoms with van der Waals surface area (Å²) in [4.78, 5) is 13.3. The van der Waals surface area contributed by atoms with Crippen LogP contribution in [0.15, 0.2) is 33.5 Å². The lowest BCUT2D eigenvalue weighted by molar-refractivity contribution is 0.237. The van der Waals surface area contributed by atoms with Crippen LogP contribution in [0.5, 0.6) is 23.0 Å². The van der Waals surface area contributed by atoms with Crippen LogP contribution in [0.25, 0.3) is 17.4 Å². The zero-order chi connectivity index (χ0) is 29.0. The van der Waals surface area contributed by atoms with Crippen LogP contribution < -0.4 is 24.4 Å². The van der Waals surface area contributed by atoms with Gasteiger partial charge in [-0.05, 0) is 56.7 Å². The van der Waals surface area contributed by atoms with Gasteiger partial charge in [-0.25, -0.2) is 0 Å². The van der Waals surface area contributed by atoms with E-state index >= 15 is 0 Å². The van der Waals surface area contributed by atoms with Gasteiger partial charge < -0.3 is 23.4 Å². The molecule has 0 bridgehead atoms. The summed E-state index contributed by atoms with van der Waals surface area (Å²) in [5.41, 5.74) is 0.474. The van der Waals surface area contributed by atoms with E-state index in [1.54, 1.807) is 0 Å². The molecule has 224 valence electrons. The third-order valence-corrected chi connectivity index (χ3v) is 6.46. The number of rotatable bonds is 22. The molecule has 0 unspecified atom stereocenters. The Kier molecular flexibility index (Phi) is 16.7. The van der Waals surface area contributed by atoms with E-state index in [1.165, 1.54) is 18.9 Å². The van der Waals surface area contributed by atoms with Crippen LogP contribution in [0.3, 0.4) is 0 Å². The van der Waals surface area contributed by atoms with Gasteiger partial charge in [0.1, 0.15) is 5.76 Å². The van der Waals surface area contributed by atoms with E-state index in [0.717, 1.165) is 64.2 Å². The molecular formula is C34H52O6. The molecule has 1 aromatic carbocycles. The summed E-state index contributed by atoms with van der Waals surface area (Å²) in [7, 11) is 0. The van der Waals surface area contributed by atoms with Crippen molar-refractivity contribution in [2.45, 2.75) is 112 Å². The number of benzene rings is 1. The Morgan fingerprint density at radius 2 is 1.12 bits per heavy atom. The Balaban J connectivity index is 2.63. The number of unbranched alkanes of at least 4 members (excludes halogenated alkanes) is 7. The highest BCUT2D eigenvalue weighted by Gasteiger charge is 2.22. The third kappa shape index (κ3) is 11.3. The fourth-order valence-electron chi connectivity index (χ4n) is 3.98. The van der Waals surface area contributed by atoms with Crippen molar-refractivity contribution >= 4 is 6.08 Å². The van der Waals surface area contributed by atoms with Crippen LogP contribution >= 0.6 is 0 Å². The van der Waals surface area contributed by atoms with E-state index in [2.05, 4.69) is 40.7 Å². The topological polar surface area (TPSA) is 67.1 Å². The molecule has 2 rings (SSSR count). The molecule has 0 amide bonds. The first-order valence-electron chi connectivity index (χ1n) is 15.6. The normalized spacial score (nSPS) is 11.2. The van der Waals surface area contributed by atoms with Crippen LogP contribution in [0.2, 0.25) is 0 Å². The first-order valence-corrected chi connectivity index (χ1v) is 15.6. The van der Waals surface area contributed by atoms with Gasteiger partial charge in [-0.3, -0.25) is 4.79 Å². The number of hydrogen-bond acceptors (Lipinski definition) is 6. The molecule has 0 saturated carbocycles. The lowest BCUT2D eigenvalue weighted by Crippen LogP contribution is -2.11. The molecule has 1 heterocycles. The zero-order valence-corrected chi connectivity index (χ0v) is 25.6. The Morgan fingerprint density at radius 3 is 1.65 bits per heavy atom. The number of allylic oxidation sites excluding steroid dienone is 1. The zero-order valence-electron chi connectivity index (χ0n) is 25.6. The van der Waals surface area contributed by atoms with Crippen LogP contribution in [0, 0.1) is 0 Å². The maximum Gasteiger partial charge on any atom is 0.228 e.